The first-order valence-corrected chi connectivity index (χ1v) is 10.2. The van der Waals surface area contributed by atoms with Crippen LogP contribution in [0, 0.1) is 5.92 Å². The molecule has 0 spiro atoms. The monoisotopic (exact) mass is 428 g/mol. The van der Waals surface area contributed by atoms with Gasteiger partial charge in [0.05, 0.1) is 24.6 Å². The number of para-hydroxylation sites is 2. The number of benzene rings is 2. The molecule has 158 valence electrons. The summed E-state index contributed by atoms with van der Waals surface area (Å²) in [5.41, 5.74) is 2.24. The van der Waals surface area contributed by atoms with E-state index < -0.39 is 6.04 Å². The summed E-state index contributed by atoms with van der Waals surface area (Å²) in [4.78, 5) is 33.0. The predicted molar refractivity (Wildman–Crippen MR) is 118 cm³/mol. The first-order valence-electron chi connectivity index (χ1n) is 9.78. The van der Waals surface area contributed by atoms with Gasteiger partial charge in [0.15, 0.2) is 0 Å². The lowest BCUT2D eigenvalue weighted by atomic mass is 9.98. The average Bonchev–Trinajstić information content (AvgIpc) is 3.15. The summed E-state index contributed by atoms with van der Waals surface area (Å²) < 4.78 is 5.13. The van der Waals surface area contributed by atoms with Crippen LogP contribution < -0.4 is 15.4 Å². The van der Waals surface area contributed by atoms with Gasteiger partial charge in [-0.3, -0.25) is 14.9 Å². The van der Waals surface area contributed by atoms with Crippen LogP contribution >= 0.6 is 11.6 Å². The van der Waals surface area contributed by atoms with Crippen LogP contribution in [0.3, 0.4) is 0 Å². The van der Waals surface area contributed by atoms with Crippen molar-refractivity contribution in [1.82, 2.24) is 15.3 Å². The zero-order chi connectivity index (χ0) is 21.7. The van der Waals surface area contributed by atoms with Gasteiger partial charge >= 0.3 is 0 Å². The van der Waals surface area contributed by atoms with E-state index in [1.165, 1.54) is 0 Å². The summed E-state index contributed by atoms with van der Waals surface area (Å²) in [6.45, 7) is 3.89. The molecule has 0 saturated carbocycles. The number of nitrogens with one attached hydrogen (secondary N) is 3. The smallest absolute Gasteiger partial charge is 0.249 e. The highest BCUT2D eigenvalue weighted by Gasteiger charge is 2.27. The number of aromatic nitrogens is 2. The van der Waals surface area contributed by atoms with Gasteiger partial charge in [0.25, 0.3) is 0 Å². The number of hydrogen-bond acceptors (Lipinski definition) is 4. The number of fused-ring (bicyclic) bond motifs is 1. The fourth-order valence-electron chi connectivity index (χ4n) is 3.10. The number of rotatable bonds is 8. The van der Waals surface area contributed by atoms with Crippen molar-refractivity contribution >= 4 is 40.4 Å². The second-order valence-corrected chi connectivity index (χ2v) is 7.56. The van der Waals surface area contributed by atoms with Crippen LogP contribution in [-0.2, 0) is 16.0 Å². The van der Waals surface area contributed by atoms with Gasteiger partial charge in [-0.2, -0.15) is 0 Å². The number of ether oxygens (including phenoxy) is 1. The third kappa shape index (κ3) is 5.10. The number of halogens is 1. The van der Waals surface area contributed by atoms with Gasteiger partial charge in [0.1, 0.15) is 11.8 Å². The van der Waals surface area contributed by atoms with Crippen molar-refractivity contribution in [3.05, 3.63) is 53.1 Å². The molecule has 2 aromatic carbocycles. The van der Waals surface area contributed by atoms with Crippen molar-refractivity contribution in [2.24, 2.45) is 5.92 Å². The molecule has 0 aliphatic carbocycles. The molecule has 0 aliphatic heterocycles. The average molecular weight is 429 g/mol. The van der Waals surface area contributed by atoms with E-state index in [2.05, 4.69) is 20.6 Å². The molecule has 0 saturated heterocycles. The second-order valence-electron chi connectivity index (χ2n) is 7.16. The molecule has 2 unspecified atom stereocenters. The number of carbonyl (C=O) groups is 2. The van der Waals surface area contributed by atoms with Gasteiger partial charge in [-0.05, 0) is 35.7 Å². The fraction of sp³-hybridized carbons (Fsp3) is 0.318. The third-order valence-corrected chi connectivity index (χ3v) is 5.41. The Hall–Kier alpha value is -3.06. The van der Waals surface area contributed by atoms with Gasteiger partial charge in [-0.15, -0.1) is 0 Å². The van der Waals surface area contributed by atoms with Gasteiger partial charge < -0.3 is 15.0 Å². The van der Waals surface area contributed by atoms with Crippen LogP contribution in [-0.4, -0.2) is 34.9 Å². The van der Waals surface area contributed by atoms with Crippen LogP contribution in [0.15, 0.2) is 42.5 Å². The van der Waals surface area contributed by atoms with Gasteiger partial charge in [-0.1, -0.05) is 50.1 Å². The number of carbonyl (C=O) groups excluding carboxylic acids is 2. The molecule has 0 radical (unpaired) electrons. The lowest BCUT2D eigenvalue weighted by Crippen LogP contribution is -2.48. The Morgan fingerprint density at radius 2 is 2.00 bits per heavy atom. The normalized spacial score (nSPS) is 12.9. The minimum absolute atomic E-state index is 0.0632. The third-order valence-electron chi connectivity index (χ3n) is 5.05. The summed E-state index contributed by atoms with van der Waals surface area (Å²) in [5.74, 6) is 0.295. The Balaban J connectivity index is 1.70. The molecule has 0 bridgehead atoms. The Bertz CT molecular complexity index is 1020. The standard InChI is InChI=1S/C22H25ClN4O3/c1-4-13(2)20(21(29)27-22-24-17-7-5-6-8-18(17)25-22)26-19(28)11-14-9-10-15(30-3)12-16(14)23/h5-10,12-13,20H,4,11H2,1-3H3,(H,26,28)(H2,24,25,27,29). The molecular weight excluding hydrogens is 404 g/mol. The quantitative estimate of drug-likeness (QED) is 0.506. The molecule has 3 rings (SSSR count). The van der Waals surface area contributed by atoms with Gasteiger partial charge in [0, 0.05) is 5.02 Å². The van der Waals surface area contributed by atoms with Gasteiger partial charge in [-0.25, -0.2) is 4.98 Å². The number of nitrogens with zero attached hydrogens (tertiary/aromatic N) is 1. The van der Waals surface area contributed by atoms with Crippen molar-refractivity contribution in [2.75, 3.05) is 12.4 Å². The molecule has 2 amide bonds. The minimum atomic E-state index is -0.701. The van der Waals surface area contributed by atoms with E-state index >= 15 is 0 Å². The minimum Gasteiger partial charge on any atom is -0.497 e. The lowest BCUT2D eigenvalue weighted by molar-refractivity contribution is -0.127. The SMILES string of the molecule is CCC(C)C(NC(=O)Cc1ccc(OC)cc1Cl)C(=O)Nc1nc2ccccc2[nH]1. The Morgan fingerprint density at radius 3 is 2.67 bits per heavy atom. The number of H-pyrrole nitrogens is 1. The van der Waals surface area contributed by atoms with Crippen molar-refractivity contribution in [3.63, 3.8) is 0 Å². The largest absolute Gasteiger partial charge is 0.497 e. The number of anilines is 1. The number of amides is 2. The maximum Gasteiger partial charge on any atom is 0.249 e. The Kier molecular flexibility index (Phi) is 6.95. The van der Waals surface area contributed by atoms with Crippen LogP contribution in [0.1, 0.15) is 25.8 Å². The van der Waals surface area contributed by atoms with Crippen LogP contribution in [0.4, 0.5) is 5.95 Å². The molecule has 30 heavy (non-hydrogen) atoms. The van der Waals surface area contributed by atoms with Crippen LogP contribution in [0.2, 0.25) is 5.02 Å². The van der Waals surface area contributed by atoms with E-state index in [0.717, 1.165) is 17.5 Å². The summed E-state index contributed by atoms with van der Waals surface area (Å²) in [5, 5.41) is 6.06. The Labute approximate surface area is 180 Å². The fourth-order valence-corrected chi connectivity index (χ4v) is 3.34. The maximum absolute atomic E-state index is 12.9. The second kappa shape index (κ2) is 9.63. The van der Waals surface area contributed by atoms with Crippen molar-refractivity contribution < 1.29 is 14.3 Å². The first-order chi connectivity index (χ1) is 14.4. The molecule has 8 heteroatoms. The highest BCUT2D eigenvalue weighted by Crippen LogP contribution is 2.23. The molecule has 7 nitrogen and oxygen atoms in total. The number of methoxy groups -OCH3 is 1. The number of hydrogen-bond donors (Lipinski definition) is 3. The van der Waals surface area contributed by atoms with Crippen LogP contribution in [0.5, 0.6) is 5.75 Å². The molecule has 1 aromatic heterocycles. The molecular formula is C22H25ClN4O3. The molecule has 0 fully saturated rings. The van der Waals surface area contributed by atoms with Crippen LogP contribution in [0.25, 0.3) is 11.0 Å². The number of aromatic amines is 1. The lowest BCUT2D eigenvalue weighted by Gasteiger charge is -2.23. The van der Waals surface area contributed by atoms with E-state index in [4.69, 9.17) is 16.3 Å². The summed E-state index contributed by atoms with van der Waals surface area (Å²) in [7, 11) is 1.55. The van der Waals surface area contributed by atoms with E-state index in [1.54, 1.807) is 25.3 Å². The molecule has 3 aromatic rings. The van der Waals surface area contributed by atoms with Crippen molar-refractivity contribution in [2.45, 2.75) is 32.7 Å². The van der Waals surface area contributed by atoms with Gasteiger partial charge in [0.2, 0.25) is 17.8 Å². The molecule has 3 N–H and O–H groups in total. The van der Waals surface area contributed by atoms with E-state index in [-0.39, 0.29) is 24.2 Å². The van der Waals surface area contributed by atoms with E-state index in [0.29, 0.717) is 22.3 Å². The zero-order valence-corrected chi connectivity index (χ0v) is 17.9. The maximum atomic E-state index is 12.9. The highest BCUT2D eigenvalue weighted by atomic mass is 35.5. The molecule has 0 aliphatic rings. The number of imidazole rings is 1. The summed E-state index contributed by atoms with van der Waals surface area (Å²) >= 11 is 6.24. The van der Waals surface area contributed by atoms with Crippen molar-refractivity contribution in [3.8, 4) is 5.75 Å². The summed E-state index contributed by atoms with van der Waals surface area (Å²) in [6.07, 6.45) is 0.787. The zero-order valence-electron chi connectivity index (χ0n) is 17.2. The molecule has 2 atom stereocenters. The topological polar surface area (TPSA) is 96.1 Å². The summed E-state index contributed by atoms with van der Waals surface area (Å²) in [6, 6.07) is 11.9. The van der Waals surface area contributed by atoms with E-state index in [1.807, 2.05) is 38.1 Å². The molecule has 1 heterocycles. The van der Waals surface area contributed by atoms with Crippen molar-refractivity contribution in [1.29, 1.82) is 0 Å². The first kappa shape index (κ1) is 21.6. The Morgan fingerprint density at radius 1 is 1.23 bits per heavy atom. The predicted octanol–water partition coefficient (Wildman–Crippen LogP) is 3.94. The van der Waals surface area contributed by atoms with E-state index in [9.17, 15) is 9.59 Å². The highest BCUT2D eigenvalue weighted by molar-refractivity contribution is 6.31.